The van der Waals surface area contributed by atoms with Crippen molar-refractivity contribution in [3.8, 4) is 0 Å². The molecule has 1 aromatic rings. The van der Waals surface area contributed by atoms with E-state index in [1.807, 2.05) is 0 Å². The number of nitrogens with one attached hydrogen (secondary N) is 1. The Morgan fingerprint density at radius 3 is 2.67 bits per heavy atom. The van der Waals surface area contributed by atoms with Crippen LogP contribution in [0.5, 0.6) is 0 Å². The standard InChI is InChI=1S/C12H13BrClFN2O/c13-9-7(4-16)12(17)8(11(15)10(9)14)5-1-2-6(18)3-5/h4-6,16,18H,1-3,17H2. The number of nitrogen functional groups attached to an aromatic ring is 1. The lowest BCUT2D eigenvalue weighted by atomic mass is 9.93. The molecule has 3 nitrogen and oxygen atoms in total. The van der Waals surface area contributed by atoms with Crippen LogP contribution in [0.25, 0.3) is 0 Å². The Morgan fingerprint density at radius 2 is 2.17 bits per heavy atom. The number of benzene rings is 1. The van der Waals surface area contributed by atoms with Crippen molar-refractivity contribution in [3.05, 3.63) is 26.4 Å². The van der Waals surface area contributed by atoms with Gasteiger partial charge in [0.1, 0.15) is 5.82 Å². The van der Waals surface area contributed by atoms with Gasteiger partial charge < -0.3 is 16.2 Å². The minimum Gasteiger partial charge on any atom is -0.398 e. The average molecular weight is 336 g/mol. The molecule has 2 unspecified atom stereocenters. The molecular weight excluding hydrogens is 322 g/mol. The molecule has 1 saturated carbocycles. The second kappa shape index (κ2) is 5.15. The van der Waals surface area contributed by atoms with E-state index in [4.69, 9.17) is 22.7 Å². The van der Waals surface area contributed by atoms with Crippen LogP contribution in [0.1, 0.15) is 36.3 Å². The van der Waals surface area contributed by atoms with Crippen LogP contribution in [0.3, 0.4) is 0 Å². The molecule has 1 aliphatic rings. The first kappa shape index (κ1) is 13.8. The topological polar surface area (TPSA) is 70.1 Å². The molecule has 2 rings (SSSR count). The molecule has 0 bridgehead atoms. The zero-order chi connectivity index (χ0) is 13.4. The fourth-order valence-corrected chi connectivity index (χ4v) is 3.18. The molecule has 0 aromatic heterocycles. The second-order valence-corrected chi connectivity index (χ2v) is 5.66. The highest BCUT2D eigenvalue weighted by atomic mass is 79.9. The van der Waals surface area contributed by atoms with Gasteiger partial charge in [0.2, 0.25) is 0 Å². The van der Waals surface area contributed by atoms with Crippen LogP contribution in [0, 0.1) is 11.2 Å². The molecule has 0 heterocycles. The van der Waals surface area contributed by atoms with Gasteiger partial charge in [-0.2, -0.15) is 0 Å². The number of hydrogen-bond donors (Lipinski definition) is 3. The first-order chi connectivity index (χ1) is 8.47. The fourth-order valence-electron chi connectivity index (χ4n) is 2.47. The van der Waals surface area contributed by atoms with E-state index in [1.165, 1.54) is 0 Å². The van der Waals surface area contributed by atoms with E-state index in [1.54, 1.807) is 0 Å². The third-order valence-electron chi connectivity index (χ3n) is 3.40. The molecule has 1 aliphatic carbocycles. The van der Waals surface area contributed by atoms with Gasteiger partial charge in [-0.1, -0.05) is 11.6 Å². The van der Waals surface area contributed by atoms with E-state index in [2.05, 4.69) is 15.9 Å². The predicted octanol–water partition coefficient (Wildman–Crippen LogP) is 3.45. The molecule has 6 heteroatoms. The molecule has 4 N–H and O–H groups in total. The number of aliphatic hydroxyl groups is 1. The van der Waals surface area contributed by atoms with Crippen LogP contribution in [0.2, 0.25) is 5.02 Å². The summed E-state index contributed by atoms with van der Waals surface area (Å²) in [6.07, 6.45) is 2.44. The Labute approximate surface area is 118 Å². The Morgan fingerprint density at radius 1 is 1.50 bits per heavy atom. The Hall–Kier alpha value is -0.650. The summed E-state index contributed by atoms with van der Waals surface area (Å²) in [5.41, 5.74) is 6.88. The summed E-state index contributed by atoms with van der Waals surface area (Å²) in [5.74, 6) is -0.685. The van der Waals surface area contributed by atoms with Crippen molar-refractivity contribution in [2.45, 2.75) is 31.3 Å². The molecule has 1 fully saturated rings. The lowest BCUT2D eigenvalue weighted by Crippen LogP contribution is -2.09. The zero-order valence-electron chi connectivity index (χ0n) is 9.51. The van der Waals surface area contributed by atoms with Gasteiger partial charge in [-0.15, -0.1) is 0 Å². The van der Waals surface area contributed by atoms with Crippen molar-refractivity contribution in [2.75, 3.05) is 5.73 Å². The van der Waals surface area contributed by atoms with Gasteiger partial charge in [0.05, 0.1) is 11.1 Å². The molecule has 0 saturated heterocycles. The number of hydrogen-bond acceptors (Lipinski definition) is 3. The van der Waals surface area contributed by atoms with Crippen molar-refractivity contribution in [2.24, 2.45) is 0 Å². The highest BCUT2D eigenvalue weighted by molar-refractivity contribution is 9.10. The largest absolute Gasteiger partial charge is 0.398 e. The van der Waals surface area contributed by atoms with E-state index < -0.39 is 11.9 Å². The van der Waals surface area contributed by atoms with Gasteiger partial charge in [-0.3, -0.25) is 0 Å². The molecule has 18 heavy (non-hydrogen) atoms. The van der Waals surface area contributed by atoms with E-state index in [0.717, 1.165) is 6.21 Å². The average Bonchev–Trinajstić information content (AvgIpc) is 2.74. The van der Waals surface area contributed by atoms with Crippen LogP contribution in [-0.4, -0.2) is 17.4 Å². The fraction of sp³-hybridized carbons (Fsp3) is 0.417. The maximum Gasteiger partial charge on any atom is 0.148 e. The van der Waals surface area contributed by atoms with Crippen molar-refractivity contribution >= 4 is 39.4 Å². The smallest absolute Gasteiger partial charge is 0.148 e. The molecule has 0 aliphatic heterocycles. The highest BCUT2D eigenvalue weighted by Gasteiger charge is 2.31. The zero-order valence-corrected chi connectivity index (χ0v) is 11.9. The lowest BCUT2D eigenvalue weighted by Gasteiger charge is -2.18. The Balaban J connectivity index is 2.59. The SMILES string of the molecule is N=Cc1c(N)c(C2CCC(O)C2)c(F)c(Cl)c1Br. The molecule has 98 valence electrons. The quantitative estimate of drug-likeness (QED) is 0.440. The number of aliphatic hydroxyl groups excluding tert-OH is 1. The summed E-state index contributed by atoms with van der Waals surface area (Å²) in [6, 6.07) is 0. The molecule has 1 aromatic carbocycles. The molecular formula is C12H13BrClFN2O. The van der Waals surface area contributed by atoms with E-state index >= 15 is 0 Å². The minimum atomic E-state index is -0.550. The summed E-state index contributed by atoms with van der Waals surface area (Å²) in [5, 5.41) is 16.8. The summed E-state index contributed by atoms with van der Waals surface area (Å²) in [7, 11) is 0. The van der Waals surface area contributed by atoms with Gasteiger partial charge in [-0.05, 0) is 41.1 Å². The monoisotopic (exact) mass is 334 g/mol. The lowest BCUT2D eigenvalue weighted by molar-refractivity contribution is 0.181. The van der Waals surface area contributed by atoms with Crippen LogP contribution >= 0.6 is 27.5 Å². The van der Waals surface area contributed by atoms with Gasteiger partial charge in [0.25, 0.3) is 0 Å². The third kappa shape index (κ3) is 2.15. The van der Waals surface area contributed by atoms with Gasteiger partial charge in [-0.25, -0.2) is 4.39 Å². The highest BCUT2D eigenvalue weighted by Crippen LogP contribution is 2.44. The van der Waals surface area contributed by atoms with Crippen molar-refractivity contribution in [3.63, 3.8) is 0 Å². The molecule has 0 radical (unpaired) electrons. The Kier molecular flexibility index (Phi) is 3.94. The third-order valence-corrected chi connectivity index (χ3v) is 4.80. The van der Waals surface area contributed by atoms with E-state index in [0.29, 0.717) is 34.9 Å². The Bertz CT molecular complexity index is 510. The summed E-state index contributed by atoms with van der Waals surface area (Å²) in [6.45, 7) is 0. The number of halogens is 3. The molecule has 2 atom stereocenters. The van der Waals surface area contributed by atoms with Crippen LogP contribution < -0.4 is 5.73 Å². The summed E-state index contributed by atoms with van der Waals surface area (Å²) < 4.78 is 14.5. The van der Waals surface area contributed by atoms with Crippen LogP contribution in [0.4, 0.5) is 10.1 Å². The first-order valence-corrected chi connectivity index (χ1v) is 6.78. The maximum atomic E-state index is 14.2. The summed E-state index contributed by atoms with van der Waals surface area (Å²) >= 11 is 9.05. The normalized spacial score (nSPS) is 23.3. The number of anilines is 1. The van der Waals surface area contributed by atoms with Gasteiger partial charge >= 0.3 is 0 Å². The van der Waals surface area contributed by atoms with E-state index in [-0.39, 0.29) is 16.6 Å². The number of nitrogens with two attached hydrogens (primary N) is 1. The van der Waals surface area contributed by atoms with Crippen molar-refractivity contribution in [1.29, 1.82) is 5.41 Å². The number of rotatable bonds is 2. The minimum absolute atomic E-state index is 0.0564. The maximum absolute atomic E-state index is 14.2. The molecule has 0 spiro atoms. The van der Waals surface area contributed by atoms with E-state index in [9.17, 15) is 9.50 Å². The predicted molar refractivity (Wildman–Crippen MR) is 74.0 cm³/mol. The van der Waals surface area contributed by atoms with Gasteiger partial charge in [0, 0.05) is 27.5 Å². The molecule has 0 amide bonds. The second-order valence-electron chi connectivity index (χ2n) is 4.49. The van der Waals surface area contributed by atoms with Gasteiger partial charge in [0.15, 0.2) is 0 Å². The van der Waals surface area contributed by atoms with Crippen molar-refractivity contribution < 1.29 is 9.50 Å². The van der Waals surface area contributed by atoms with Crippen molar-refractivity contribution in [1.82, 2.24) is 0 Å². The van der Waals surface area contributed by atoms with Crippen LogP contribution in [0.15, 0.2) is 4.47 Å². The first-order valence-electron chi connectivity index (χ1n) is 5.61. The summed E-state index contributed by atoms with van der Waals surface area (Å²) in [4.78, 5) is 0. The van der Waals surface area contributed by atoms with Crippen LogP contribution in [-0.2, 0) is 0 Å².